The van der Waals surface area contributed by atoms with Crippen LogP contribution in [0.3, 0.4) is 0 Å². The van der Waals surface area contributed by atoms with Crippen LogP contribution in [0, 0.1) is 6.92 Å². The molecule has 20 heavy (non-hydrogen) atoms. The Labute approximate surface area is 133 Å². The van der Waals surface area contributed by atoms with Crippen molar-refractivity contribution in [1.29, 1.82) is 0 Å². The normalized spacial score (nSPS) is 12.9. The maximum atomic E-state index is 6.19. The van der Waals surface area contributed by atoms with Crippen molar-refractivity contribution in [2.75, 3.05) is 7.05 Å². The molecule has 0 saturated carbocycles. The van der Waals surface area contributed by atoms with Crippen LogP contribution in [-0.4, -0.2) is 16.8 Å². The van der Waals surface area contributed by atoms with Gasteiger partial charge >= 0.3 is 0 Å². The smallest absolute Gasteiger partial charge is 0.0758 e. The number of nitrogens with zero attached hydrogens (tertiary/aromatic N) is 2. The Bertz CT molecular complexity index is 587. The van der Waals surface area contributed by atoms with Crippen LogP contribution in [-0.2, 0) is 0 Å². The van der Waals surface area contributed by atoms with Crippen LogP contribution in [0.1, 0.15) is 42.8 Å². The highest BCUT2D eigenvalue weighted by Crippen LogP contribution is 2.31. The van der Waals surface area contributed by atoms with Crippen LogP contribution >= 0.6 is 27.5 Å². The zero-order valence-electron chi connectivity index (χ0n) is 12.1. The van der Waals surface area contributed by atoms with Gasteiger partial charge in [0.05, 0.1) is 22.4 Å². The third kappa shape index (κ3) is 3.08. The summed E-state index contributed by atoms with van der Waals surface area (Å²) in [5, 5.41) is 8.57. The van der Waals surface area contributed by atoms with Crippen LogP contribution in [0.5, 0.6) is 0 Å². The van der Waals surface area contributed by atoms with Gasteiger partial charge in [0, 0.05) is 11.1 Å². The Kier molecular flexibility index (Phi) is 4.89. The van der Waals surface area contributed by atoms with E-state index in [2.05, 4.69) is 53.2 Å². The fraction of sp³-hybridized carbons (Fsp3) is 0.400. The number of benzene rings is 1. The van der Waals surface area contributed by atoms with Crippen LogP contribution in [0.2, 0.25) is 5.02 Å². The molecule has 2 rings (SSSR count). The molecule has 108 valence electrons. The number of hydrogen-bond acceptors (Lipinski definition) is 2. The van der Waals surface area contributed by atoms with E-state index in [1.165, 1.54) is 0 Å². The molecule has 0 radical (unpaired) electrons. The molecule has 5 heteroatoms. The summed E-state index contributed by atoms with van der Waals surface area (Å²) in [6, 6.07) is 6.46. The number of aryl methyl sites for hydroxylation is 1. The third-order valence-electron chi connectivity index (χ3n) is 3.24. The fourth-order valence-corrected chi connectivity index (χ4v) is 3.23. The molecular formula is C15H19BrClN3. The standard InChI is InChI=1S/C15H19BrClN3/c1-9(2)20-15(13(16)8-19-20)14(18-4)11-5-10(3)6-12(17)7-11/h5-9,14,18H,1-4H3. The lowest BCUT2D eigenvalue weighted by atomic mass is 10.0. The zero-order chi connectivity index (χ0) is 14.9. The lowest BCUT2D eigenvalue weighted by Crippen LogP contribution is -2.23. The molecule has 0 aliphatic rings. The van der Waals surface area contributed by atoms with Gasteiger partial charge in [0.25, 0.3) is 0 Å². The summed E-state index contributed by atoms with van der Waals surface area (Å²) in [6.45, 7) is 6.30. The molecule has 3 nitrogen and oxygen atoms in total. The predicted octanol–water partition coefficient (Wildman–Crippen LogP) is 4.50. The van der Waals surface area contributed by atoms with Crippen LogP contribution in [0.15, 0.2) is 28.9 Å². The van der Waals surface area contributed by atoms with E-state index in [9.17, 15) is 0 Å². The molecule has 0 spiro atoms. The lowest BCUT2D eigenvalue weighted by Gasteiger charge is -2.21. The van der Waals surface area contributed by atoms with Gasteiger partial charge in [0.1, 0.15) is 0 Å². The molecule has 0 aliphatic carbocycles. The van der Waals surface area contributed by atoms with Crippen LogP contribution < -0.4 is 5.32 Å². The Balaban J connectivity index is 2.55. The molecule has 2 aromatic rings. The predicted molar refractivity (Wildman–Crippen MR) is 87.4 cm³/mol. The second-order valence-corrected chi connectivity index (χ2v) is 6.49. The molecule has 0 bridgehead atoms. The first-order chi connectivity index (χ1) is 9.43. The molecule has 1 atom stereocenters. The molecule has 1 heterocycles. The van der Waals surface area contributed by atoms with Gasteiger partial charge in [-0.25, -0.2) is 0 Å². The van der Waals surface area contributed by atoms with Crippen molar-refractivity contribution in [3.8, 4) is 0 Å². The van der Waals surface area contributed by atoms with Crippen molar-refractivity contribution in [2.24, 2.45) is 0 Å². The number of rotatable bonds is 4. The van der Waals surface area contributed by atoms with E-state index in [1.54, 1.807) is 0 Å². The van der Waals surface area contributed by atoms with E-state index < -0.39 is 0 Å². The second-order valence-electron chi connectivity index (χ2n) is 5.20. The summed E-state index contributed by atoms with van der Waals surface area (Å²) >= 11 is 9.80. The van der Waals surface area contributed by atoms with Crippen molar-refractivity contribution < 1.29 is 0 Å². The van der Waals surface area contributed by atoms with Gasteiger partial charge in [0.15, 0.2) is 0 Å². The number of hydrogen-bond donors (Lipinski definition) is 1. The zero-order valence-corrected chi connectivity index (χ0v) is 14.5. The van der Waals surface area contributed by atoms with E-state index in [1.807, 2.05) is 30.1 Å². The molecule has 0 aliphatic heterocycles. The second kappa shape index (κ2) is 6.29. The fourth-order valence-electron chi connectivity index (χ4n) is 2.42. The summed E-state index contributed by atoms with van der Waals surface area (Å²) < 4.78 is 3.03. The average molecular weight is 357 g/mol. The highest BCUT2D eigenvalue weighted by atomic mass is 79.9. The quantitative estimate of drug-likeness (QED) is 0.874. The average Bonchev–Trinajstić information content (AvgIpc) is 2.72. The van der Waals surface area contributed by atoms with Crippen LogP contribution in [0.4, 0.5) is 0 Å². The van der Waals surface area contributed by atoms with E-state index >= 15 is 0 Å². The molecule has 1 aromatic heterocycles. The molecule has 0 fully saturated rings. The highest BCUT2D eigenvalue weighted by Gasteiger charge is 2.22. The largest absolute Gasteiger partial charge is 0.308 e. The van der Waals surface area contributed by atoms with Crippen molar-refractivity contribution in [2.45, 2.75) is 32.9 Å². The molecule has 1 aromatic carbocycles. The minimum atomic E-state index is 0.0478. The van der Waals surface area contributed by atoms with Crippen LogP contribution in [0.25, 0.3) is 0 Å². The van der Waals surface area contributed by atoms with Crippen molar-refractivity contribution in [3.05, 3.63) is 50.7 Å². The summed E-state index contributed by atoms with van der Waals surface area (Å²) in [5.41, 5.74) is 3.41. The first-order valence-corrected chi connectivity index (χ1v) is 7.78. The molecule has 1 N–H and O–H groups in total. The van der Waals surface area contributed by atoms with Gasteiger partial charge in [-0.1, -0.05) is 17.7 Å². The number of halogens is 2. The van der Waals surface area contributed by atoms with Gasteiger partial charge in [-0.3, -0.25) is 4.68 Å². The van der Waals surface area contributed by atoms with Crippen molar-refractivity contribution >= 4 is 27.5 Å². The molecular weight excluding hydrogens is 338 g/mol. The summed E-state index contributed by atoms with van der Waals surface area (Å²) in [4.78, 5) is 0. The van der Waals surface area contributed by atoms with Crippen molar-refractivity contribution in [1.82, 2.24) is 15.1 Å². The lowest BCUT2D eigenvalue weighted by molar-refractivity contribution is 0.483. The molecule has 1 unspecified atom stereocenters. The Morgan fingerprint density at radius 2 is 2.00 bits per heavy atom. The maximum Gasteiger partial charge on any atom is 0.0758 e. The van der Waals surface area contributed by atoms with Gasteiger partial charge in [0.2, 0.25) is 0 Å². The minimum absolute atomic E-state index is 0.0478. The Morgan fingerprint density at radius 3 is 2.55 bits per heavy atom. The van der Waals surface area contributed by atoms with E-state index in [0.29, 0.717) is 6.04 Å². The third-order valence-corrected chi connectivity index (χ3v) is 4.07. The Morgan fingerprint density at radius 1 is 1.30 bits per heavy atom. The minimum Gasteiger partial charge on any atom is -0.308 e. The van der Waals surface area contributed by atoms with Gasteiger partial charge in [-0.05, 0) is 67.0 Å². The molecule has 0 amide bonds. The van der Waals surface area contributed by atoms with E-state index in [-0.39, 0.29) is 6.04 Å². The Hall–Kier alpha value is -0.840. The monoisotopic (exact) mass is 355 g/mol. The summed E-state index contributed by atoms with van der Waals surface area (Å²) in [7, 11) is 1.95. The topological polar surface area (TPSA) is 29.9 Å². The number of aromatic nitrogens is 2. The van der Waals surface area contributed by atoms with Gasteiger partial charge in [-0.2, -0.15) is 5.10 Å². The summed E-state index contributed by atoms with van der Waals surface area (Å²) in [6.07, 6.45) is 1.84. The maximum absolute atomic E-state index is 6.19. The molecule has 0 saturated heterocycles. The van der Waals surface area contributed by atoms with E-state index in [0.717, 1.165) is 26.3 Å². The van der Waals surface area contributed by atoms with Gasteiger partial charge < -0.3 is 5.32 Å². The first kappa shape index (κ1) is 15.5. The van der Waals surface area contributed by atoms with E-state index in [4.69, 9.17) is 11.6 Å². The summed E-state index contributed by atoms with van der Waals surface area (Å²) in [5.74, 6) is 0. The number of nitrogens with one attached hydrogen (secondary N) is 1. The SMILES string of the molecule is CNC(c1cc(C)cc(Cl)c1)c1c(Br)cnn1C(C)C. The van der Waals surface area contributed by atoms with Gasteiger partial charge in [-0.15, -0.1) is 0 Å². The highest BCUT2D eigenvalue weighted by molar-refractivity contribution is 9.10. The van der Waals surface area contributed by atoms with Crippen molar-refractivity contribution in [3.63, 3.8) is 0 Å². The first-order valence-electron chi connectivity index (χ1n) is 6.61.